The summed E-state index contributed by atoms with van der Waals surface area (Å²) in [7, 11) is -5.92. The van der Waals surface area contributed by atoms with Gasteiger partial charge in [0, 0.05) is 13.1 Å². The summed E-state index contributed by atoms with van der Waals surface area (Å²) in [6, 6.07) is 4.90. The quantitative estimate of drug-likeness (QED) is 0.635. The number of rotatable bonds is 6. The Morgan fingerprint density at radius 1 is 1.00 bits per heavy atom. The normalized spacial score (nSPS) is 11.9. The molecule has 110 valence electrons. The van der Waals surface area contributed by atoms with Crippen LogP contribution in [0.4, 0.5) is 0 Å². The molecule has 0 atom stereocenters. The van der Waals surface area contributed by atoms with Gasteiger partial charge < -0.3 is 5.73 Å². The highest BCUT2D eigenvalue weighted by molar-refractivity contribution is 7.90. The zero-order chi connectivity index (χ0) is 13.8. The van der Waals surface area contributed by atoms with E-state index in [1.54, 1.807) is 0 Å². The predicted molar refractivity (Wildman–Crippen MR) is 74.2 cm³/mol. The fraction of sp³-hybridized carbons (Fsp3) is 0.333. The van der Waals surface area contributed by atoms with Crippen LogP contribution in [0.25, 0.3) is 0 Å². The molecule has 0 unspecified atom stereocenters. The first-order valence-corrected chi connectivity index (χ1v) is 8.03. The number of hydrogen-bond acceptors (Lipinski definition) is 5. The van der Waals surface area contributed by atoms with Crippen LogP contribution < -0.4 is 15.2 Å². The fourth-order valence-electron chi connectivity index (χ4n) is 1.19. The smallest absolute Gasteiger partial charge is 0.240 e. The van der Waals surface area contributed by atoms with Gasteiger partial charge in [-0.05, 0) is 31.3 Å². The van der Waals surface area contributed by atoms with Crippen molar-refractivity contribution >= 4 is 32.5 Å². The van der Waals surface area contributed by atoms with Crippen LogP contribution in [0.3, 0.4) is 0 Å². The molecule has 0 radical (unpaired) electrons. The molecule has 10 heteroatoms. The van der Waals surface area contributed by atoms with Crippen LogP contribution in [0.15, 0.2) is 34.1 Å². The number of nitrogens with two attached hydrogens (primary N) is 1. The van der Waals surface area contributed by atoms with Crippen molar-refractivity contribution in [3.8, 4) is 0 Å². The number of nitrogens with one attached hydrogen (secondary N) is 2. The largest absolute Gasteiger partial charge is 0.329 e. The molecule has 0 aliphatic carbocycles. The highest BCUT2D eigenvalue weighted by atomic mass is 35.5. The second-order valence-electron chi connectivity index (χ2n) is 3.37. The third-order valence-electron chi connectivity index (χ3n) is 2.15. The molecule has 0 aromatic heterocycles. The zero-order valence-corrected chi connectivity index (χ0v) is 12.6. The molecule has 0 saturated carbocycles. The molecule has 0 aliphatic rings. The summed E-state index contributed by atoms with van der Waals surface area (Å²) in [6.45, 7) is 0.310. The molecule has 0 amide bonds. The average molecular weight is 330 g/mol. The minimum absolute atomic E-state index is 0. The molecule has 19 heavy (non-hydrogen) atoms. The summed E-state index contributed by atoms with van der Waals surface area (Å²) in [5.74, 6) is 0. The van der Waals surface area contributed by atoms with E-state index in [1.807, 2.05) is 0 Å². The minimum atomic E-state index is -3.64. The zero-order valence-electron chi connectivity index (χ0n) is 10.2. The first-order chi connectivity index (χ1) is 8.33. The standard InChI is InChI=1S/C9H15N3O4S2.ClH/c1-11-17(13,14)8-2-4-9(5-3-8)18(15,16)12-7-6-10;/h2-5,11-12H,6-7,10H2,1H3;1H. The van der Waals surface area contributed by atoms with Crippen molar-refractivity contribution in [3.05, 3.63) is 24.3 Å². The van der Waals surface area contributed by atoms with Gasteiger partial charge in [0.1, 0.15) is 0 Å². The molecule has 7 nitrogen and oxygen atoms in total. The molecular weight excluding hydrogens is 314 g/mol. The number of benzene rings is 1. The van der Waals surface area contributed by atoms with Crippen LogP contribution in [-0.4, -0.2) is 37.0 Å². The lowest BCUT2D eigenvalue weighted by Crippen LogP contribution is -2.29. The summed E-state index contributed by atoms with van der Waals surface area (Å²) >= 11 is 0. The molecule has 0 fully saturated rings. The molecule has 1 rings (SSSR count). The van der Waals surface area contributed by atoms with Gasteiger partial charge in [-0.15, -0.1) is 12.4 Å². The van der Waals surface area contributed by atoms with Gasteiger partial charge >= 0.3 is 0 Å². The summed E-state index contributed by atoms with van der Waals surface area (Å²) in [5, 5.41) is 0. The van der Waals surface area contributed by atoms with Gasteiger partial charge in [-0.25, -0.2) is 26.3 Å². The van der Waals surface area contributed by atoms with E-state index < -0.39 is 20.0 Å². The van der Waals surface area contributed by atoms with E-state index >= 15 is 0 Å². The molecule has 0 spiro atoms. The second-order valence-corrected chi connectivity index (χ2v) is 7.02. The van der Waals surface area contributed by atoms with Gasteiger partial charge in [0.05, 0.1) is 9.79 Å². The van der Waals surface area contributed by atoms with Crippen LogP contribution in [-0.2, 0) is 20.0 Å². The van der Waals surface area contributed by atoms with Crippen LogP contribution in [0.5, 0.6) is 0 Å². The SMILES string of the molecule is CNS(=O)(=O)c1ccc(S(=O)(=O)NCCN)cc1.Cl. The average Bonchev–Trinajstić information content (AvgIpc) is 2.36. The molecule has 0 saturated heterocycles. The third kappa shape index (κ3) is 4.71. The highest BCUT2D eigenvalue weighted by Gasteiger charge is 2.15. The second kappa shape index (κ2) is 7.17. The maximum atomic E-state index is 11.7. The van der Waals surface area contributed by atoms with Crippen molar-refractivity contribution in [3.63, 3.8) is 0 Å². The Bertz CT molecular complexity index is 599. The van der Waals surface area contributed by atoms with E-state index in [9.17, 15) is 16.8 Å². The number of halogens is 1. The van der Waals surface area contributed by atoms with Crippen LogP contribution in [0, 0.1) is 0 Å². The third-order valence-corrected chi connectivity index (χ3v) is 5.06. The van der Waals surface area contributed by atoms with Crippen molar-refractivity contribution in [2.24, 2.45) is 5.73 Å². The molecule has 1 aromatic rings. The van der Waals surface area contributed by atoms with E-state index in [-0.39, 0.29) is 35.3 Å². The lowest BCUT2D eigenvalue weighted by Gasteiger charge is -2.06. The van der Waals surface area contributed by atoms with Gasteiger partial charge in [-0.1, -0.05) is 0 Å². The Labute approximate surface area is 119 Å². The van der Waals surface area contributed by atoms with Crippen molar-refractivity contribution < 1.29 is 16.8 Å². The van der Waals surface area contributed by atoms with E-state index in [1.165, 1.54) is 31.3 Å². The van der Waals surface area contributed by atoms with Crippen molar-refractivity contribution in [1.29, 1.82) is 0 Å². The Morgan fingerprint density at radius 3 is 1.79 bits per heavy atom. The monoisotopic (exact) mass is 329 g/mol. The first kappa shape index (κ1) is 18.3. The van der Waals surface area contributed by atoms with Gasteiger partial charge in [0.25, 0.3) is 0 Å². The molecule has 0 aliphatic heterocycles. The van der Waals surface area contributed by atoms with E-state index in [2.05, 4.69) is 9.44 Å². The van der Waals surface area contributed by atoms with Gasteiger partial charge in [-0.2, -0.15) is 0 Å². The predicted octanol–water partition coefficient (Wildman–Crippen LogP) is -0.746. The summed E-state index contributed by atoms with van der Waals surface area (Å²) in [4.78, 5) is -0.00576. The van der Waals surface area contributed by atoms with Crippen LogP contribution in [0.1, 0.15) is 0 Å². The summed E-state index contributed by atoms with van der Waals surface area (Å²) in [6.07, 6.45) is 0. The van der Waals surface area contributed by atoms with E-state index in [0.717, 1.165) is 0 Å². The van der Waals surface area contributed by atoms with E-state index in [4.69, 9.17) is 5.73 Å². The Morgan fingerprint density at radius 2 is 1.42 bits per heavy atom. The molecule has 1 aromatic carbocycles. The molecule has 0 heterocycles. The topological polar surface area (TPSA) is 118 Å². The van der Waals surface area contributed by atoms with Gasteiger partial charge in [-0.3, -0.25) is 0 Å². The number of sulfonamides is 2. The summed E-state index contributed by atoms with van der Waals surface area (Å²) in [5.41, 5.74) is 5.20. The first-order valence-electron chi connectivity index (χ1n) is 5.07. The summed E-state index contributed by atoms with van der Waals surface area (Å²) < 4.78 is 50.7. The fourth-order valence-corrected chi connectivity index (χ4v) is 2.97. The molecule has 0 bridgehead atoms. The molecular formula is C9H16ClN3O4S2. The van der Waals surface area contributed by atoms with Gasteiger partial charge in [0.2, 0.25) is 20.0 Å². The maximum absolute atomic E-state index is 11.7. The van der Waals surface area contributed by atoms with Gasteiger partial charge in [0.15, 0.2) is 0 Å². The molecule has 4 N–H and O–H groups in total. The maximum Gasteiger partial charge on any atom is 0.240 e. The lowest BCUT2D eigenvalue weighted by atomic mass is 10.4. The lowest BCUT2D eigenvalue weighted by molar-refractivity contribution is 0.580. The van der Waals surface area contributed by atoms with Crippen molar-refractivity contribution in [2.45, 2.75) is 9.79 Å². The van der Waals surface area contributed by atoms with Crippen molar-refractivity contribution in [2.75, 3.05) is 20.1 Å². The Balaban J connectivity index is 0.00000324. The minimum Gasteiger partial charge on any atom is -0.329 e. The van der Waals surface area contributed by atoms with Crippen LogP contribution >= 0.6 is 12.4 Å². The Kier molecular flexibility index (Phi) is 6.91. The highest BCUT2D eigenvalue weighted by Crippen LogP contribution is 2.13. The van der Waals surface area contributed by atoms with Crippen molar-refractivity contribution in [1.82, 2.24) is 9.44 Å². The van der Waals surface area contributed by atoms with Crippen LogP contribution in [0.2, 0.25) is 0 Å². The van der Waals surface area contributed by atoms with E-state index in [0.29, 0.717) is 0 Å². The Hall–Kier alpha value is -0.710. The number of hydrogen-bond donors (Lipinski definition) is 3.